The van der Waals surface area contributed by atoms with Crippen molar-refractivity contribution in [3.63, 3.8) is 0 Å². The fraction of sp³-hybridized carbons (Fsp3) is 0.278. The van der Waals surface area contributed by atoms with E-state index in [1.807, 2.05) is 0 Å². The lowest BCUT2D eigenvalue weighted by atomic mass is 10.1. The number of methoxy groups -OCH3 is 4. The largest absolute Gasteiger partial charge is 0.496 e. The minimum absolute atomic E-state index is 0.167. The Morgan fingerprint density at radius 1 is 0.962 bits per heavy atom. The van der Waals surface area contributed by atoms with E-state index < -0.39 is 0 Å². The monoisotopic (exact) mass is 380 g/mol. The molecule has 0 saturated carbocycles. The Hall–Kier alpha value is -2.80. The number of ether oxygens (including phenoxy) is 4. The Balaban J connectivity index is 2.29. The molecule has 0 spiro atoms. The standard InChI is InChI=1S/C18H21ClN2O5/c1-23-10-5-15(24-2)12(16(6-10)25-3)9-21-18(22)11-7-13(19)14(20)8-17(11)26-4/h5-8H,9,20H2,1-4H3,(H,21,22). The molecule has 1 amide bonds. The number of halogens is 1. The van der Waals surface area contributed by atoms with Gasteiger partial charge in [-0.25, -0.2) is 0 Å². The Bertz CT molecular complexity index is 785. The number of amides is 1. The van der Waals surface area contributed by atoms with Gasteiger partial charge in [0.2, 0.25) is 0 Å². The Morgan fingerprint density at radius 3 is 2.04 bits per heavy atom. The number of carbonyl (C=O) groups excluding carboxylic acids is 1. The molecule has 0 fully saturated rings. The van der Waals surface area contributed by atoms with Gasteiger partial charge < -0.3 is 30.0 Å². The molecule has 8 heteroatoms. The molecular formula is C18H21ClN2O5. The first kappa shape index (κ1) is 19.5. The number of hydrogen-bond acceptors (Lipinski definition) is 6. The van der Waals surface area contributed by atoms with Crippen molar-refractivity contribution in [3.05, 3.63) is 40.4 Å². The molecule has 0 heterocycles. The van der Waals surface area contributed by atoms with E-state index in [0.29, 0.717) is 34.2 Å². The summed E-state index contributed by atoms with van der Waals surface area (Å²) >= 11 is 6.02. The average molecular weight is 381 g/mol. The van der Waals surface area contributed by atoms with Crippen molar-refractivity contribution in [1.82, 2.24) is 5.32 Å². The van der Waals surface area contributed by atoms with Crippen molar-refractivity contribution in [2.45, 2.75) is 6.54 Å². The van der Waals surface area contributed by atoms with Gasteiger partial charge in [0.05, 0.1) is 56.8 Å². The quantitative estimate of drug-likeness (QED) is 0.717. The Morgan fingerprint density at radius 2 is 1.54 bits per heavy atom. The highest BCUT2D eigenvalue weighted by Crippen LogP contribution is 2.34. The number of nitrogen functional groups attached to an aromatic ring is 1. The lowest BCUT2D eigenvalue weighted by Crippen LogP contribution is -2.24. The predicted octanol–water partition coefficient (Wildman–Crippen LogP) is 2.89. The molecule has 0 radical (unpaired) electrons. The van der Waals surface area contributed by atoms with Crippen molar-refractivity contribution >= 4 is 23.2 Å². The summed E-state index contributed by atoms with van der Waals surface area (Å²) in [7, 11) is 6.06. The van der Waals surface area contributed by atoms with Crippen LogP contribution in [0.2, 0.25) is 5.02 Å². The van der Waals surface area contributed by atoms with E-state index in [0.717, 1.165) is 0 Å². The lowest BCUT2D eigenvalue weighted by molar-refractivity contribution is 0.0947. The number of benzene rings is 2. The molecule has 26 heavy (non-hydrogen) atoms. The van der Waals surface area contributed by atoms with Crippen molar-refractivity contribution in [3.8, 4) is 23.0 Å². The molecule has 2 aromatic carbocycles. The maximum Gasteiger partial charge on any atom is 0.255 e. The van der Waals surface area contributed by atoms with Crippen LogP contribution in [0.1, 0.15) is 15.9 Å². The van der Waals surface area contributed by atoms with Crippen LogP contribution in [-0.4, -0.2) is 34.3 Å². The van der Waals surface area contributed by atoms with Gasteiger partial charge in [-0.15, -0.1) is 0 Å². The SMILES string of the molecule is COc1cc(OC)c(CNC(=O)c2cc(Cl)c(N)cc2OC)c(OC)c1. The number of hydrogen-bond donors (Lipinski definition) is 2. The molecule has 2 rings (SSSR count). The normalized spacial score (nSPS) is 10.2. The van der Waals surface area contributed by atoms with Gasteiger partial charge in [0.1, 0.15) is 23.0 Å². The smallest absolute Gasteiger partial charge is 0.255 e. The molecule has 0 aliphatic heterocycles. The maximum absolute atomic E-state index is 12.6. The Labute approximate surface area is 156 Å². The highest BCUT2D eigenvalue weighted by Gasteiger charge is 2.18. The lowest BCUT2D eigenvalue weighted by Gasteiger charge is -2.16. The summed E-state index contributed by atoms with van der Waals surface area (Å²) in [6.07, 6.45) is 0. The highest BCUT2D eigenvalue weighted by molar-refractivity contribution is 6.33. The fourth-order valence-electron chi connectivity index (χ4n) is 2.43. The summed E-state index contributed by atoms with van der Waals surface area (Å²) in [5, 5.41) is 3.08. The van der Waals surface area contributed by atoms with Crippen LogP contribution in [0.3, 0.4) is 0 Å². The Kier molecular flexibility index (Phi) is 6.41. The van der Waals surface area contributed by atoms with Crippen LogP contribution >= 0.6 is 11.6 Å². The van der Waals surface area contributed by atoms with E-state index in [9.17, 15) is 4.79 Å². The summed E-state index contributed by atoms with van der Waals surface area (Å²) in [5.74, 6) is 1.61. The number of carbonyl (C=O) groups is 1. The van der Waals surface area contributed by atoms with E-state index in [-0.39, 0.29) is 23.0 Å². The van der Waals surface area contributed by atoms with Crippen LogP contribution in [-0.2, 0) is 6.54 Å². The summed E-state index contributed by atoms with van der Waals surface area (Å²) in [5.41, 5.74) is 7.02. The van der Waals surface area contributed by atoms with Gasteiger partial charge in [-0.3, -0.25) is 4.79 Å². The zero-order chi connectivity index (χ0) is 19.3. The second kappa shape index (κ2) is 8.53. The van der Waals surface area contributed by atoms with Gasteiger partial charge in [-0.1, -0.05) is 11.6 Å². The third-order valence-electron chi connectivity index (χ3n) is 3.81. The minimum Gasteiger partial charge on any atom is -0.496 e. The number of nitrogens with two attached hydrogens (primary N) is 1. The molecule has 0 aliphatic rings. The fourth-order valence-corrected chi connectivity index (χ4v) is 2.60. The molecule has 0 unspecified atom stereocenters. The number of nitrogens with one attached hydrogen (secondary N) is 1. The van der Waals surface area contributed by atoms with Crippen LogP contribution in [0.4, 0.5) is 5.69 Å². The maximum atomic E-state index is 12.6. The van der Waals surface area contributed by atoms with Crippen LogP contribution in [0.25, 0.3) is 0 Å². The number of rotatable bonds is 7. The predicted molar refractivity (Wildman–Crippen MR) is 99.7 cm³/mol. The van der Waals surface area contributed by atoms with Gasteiger partial charge in [0.15, 0.2) is 0 Å². The first-order chi connectivity index (χ1) is 12.4. The number of anilines is 1. The summed E-state index contributed by atoms with van der Waals surface area (Å²) in [6, 6.07) is 6.40. The van der Waals surface area contributed by atoms with Crippen LogP contribution in [0.5, 0.6) is 23.0 Å². The first-order valence-electron chi connectivity index (χ1n) is 7.65. The van der Waals surface area contributed by atoms with Gasteiger partial charge in [0, 0.05) is 18.2 Å². The van der Waals surface area contributed by atoms with Crippen molar-refractivity contribution in [1.29, 1.82) is 0 Å². The minimum atomic E-state index is -0.372. The van der Waals surface area contributed by atoms with Gasteiger partial charge in [-0.2, -0.15) is 0 Å². The van der Waals surface area contributed by atoms with Crippen molar-refractivity contribution < 1.29 is 23.7 Å². The van der Waals surface area contributed by atoms with E-state index in [1.54, 1.807) is 19.2 Å². The van der Waals surface area contributed by atoms with Crippen LogP contribution in [0, 0.1) is 0 Å². The second-order valence-electron chi connectivity index (χ2n) is 5.27. The van der Waals surface area contributed by atoms with Gasteiger partial charge in [0.25, 0.3) is 5.91 Å². The average Bonchev–Trinajstić information content (AvgIpc) is 2.66. The molecule has 0 aliphatic carbocycles. The molecule has 0 saturated heterocycles. The molecular weight excluding hydrogens is 360 g/mol. The van der Waals surface area contributed by atoms with Crippen LogP contribution in [0.15, 0.2) is 24.3 Å². The molecule has 7 nitrogen and oxygen atoms in total. The van der Waals surface area contributed by atoms with E-state index in [1.165, 1.54) is 33.5 Å². The van der Waals surface area contributed by atoms with Gasteiger partial charge >= 0.3 is 0 Å². The second-order valence-corrected chi connectivity index (χ2v) is 5.67. The molecule has 0 aromatic heterocycles. The third-order valence-corrected chi connectivity index (χ3v) is 4.13. The third kappa shape index (κ3) is 4.05. The van der Waals surface area contributed by atoms with E-state index in [4.69, 9.17) is 36.3 Å². The molecule has 2 aromatic rings. The zero-order valence-corrected chi connectivity index (χ0v) is 15.8. The summed E-state index contributed by atoms with van der Waals surface area (Å²) in [4.78, 5) is 12.6. The van der Waals surface area contributed by atoms with Gasteiger partial charge in [-0.05, 0) is 6.07 Å². The summed E-state index contributed by atoms with van der Waals surface area (Å²) < 4.78 is 21.2. The highest BCUT2D eigenvalue weighted by atomic mass is 35.5. The summed E-state index contributed by atoms with van der Waals surface area (Å²) in [6.45, 7) is 0.167. The van der Waals surface area contributed by atoms with E-state index >= 15 is 0 Å². The molecule has 0 atom stereocenters. The molecule has 0 bridgehead atoms. The van der Waals surface area contributed by atoms with Crippen molar-refractivity contribution in [2.24, 2.45) is 0 Å². The first-order valence-corrected chi connectivity index (χ1v) is 8.03. The molecule has 3 N–H and O–H groups in total. The van der Waals surface area contributed by atoms with Crippen molar-refractivity contribution in [2.75, 3.05) is 34.2 Å². The topological polar surface area (TPSA) is 92.0 Å². The van der Waals surface area contributed by atoms with Crippen LogP contribution < -0.4 is 30.0 Å². The van der Waals surface area contributed by atoms with E-state index in [2.05, 4.69) is 5.32 Å². The zero-order valence-electron chi connectivity index (χ0n) is 15.0. The molecule has 140 valence electrons.